The molecule has 10 N–H and O–H groups in total. The number of nitrogens with one attached hydrogen (secondary N) is 5. The lowest BCUT2D eigenvalue weighted by Crippen LogP contribution is -2.62. The average molecular weight is 843 g/mol. The standard InChI is InChI=1S/C39H52BrN7O9/c1-22(2)18-29-39(55)56-24(5)34(43-17-13-11-9-7-6-8-10-12-14-25-15-16-30(48)26(40)19-25)38(54)47-33(23(3)4)37(53)45-28(21-32(42)50)35(51)44-27(20-31(41)49)36(52)46-29/h6-17,19,22-24,27-29,33-34,43,48H,18,20-21H2,1-5H3,(H2,41,49)(H2,42,50)(H,44,51)(H,45,53)(H,46,52)(H,47,54)/b7-6+,10-8+,11-9+,14-12+,17-13+/t24-,27+,28?,29?,33+,34+/m1/s1. The molecular formula is C39H52BrN7O9. The largest absolute Gasteiger partial charge is 0.507 e. The summed E-state index contributed by atoms with van der Waals surface area (Å²) in [6.07, 6.45) is 15.0. The Hall–Kier alpha value is -5.71. The second-order valence-electron chi connectivity index (χ2n) is 13.8. The summed E-state index contributed by atoms with van der Waals surface area (Å²) < 4.78 is 6.30. The molecule has 1 fully saturated rings. The number of carbonyl (C=O) groups excluding carboxylic acids is 7. The van der Waals surface area contributed by atoms with Gasteiger partial charge in [0, 0.05) is 0 Å². The number of halogens is 1. The van der Waals surface area contributed by atoms with Crippen molar-refractivity contribution in [2.75, 3.05) is 0 Å². The fourth-order valence-corrected chi connectivity index (χ4v) is 5.64. The van der Waals surface area contributed by atoms with Crippen molar-refractivity contribution >= 4 is 63.4 Å². The molecule has 0 bridgehead atoms. The van der Waals surface area contributed by atoms with Crippen molar-refractivity contribution in [2.24, 2.45) is 23.3 Å². The minimum Gasteiger partial charge on any atom is -0.507 e. The number of rotatable bonds is 14. The molecule has 6 atom stereocenters. The molecule has 56 heavy (non-hydrogen) atoms. The van der Waals surface area contributed by atoms with Crippen LogP contribution in [0.1, 0.15) is 59.4 Å². The zero-order chi connectivity index (χ0) is 41.9. The van der Waals surface area contributed by atoms with Gasteiger partial charge in [0.05, 0.1) is 17.3 Å². The fourth-order valence-electron chi connectivity index (χ4n) is 5.24. The van der Waals surface area contributed by atoms with Gasteiger partial charge < -0.3 is 47.9 Å². The molecule has 1 aliphatic rings. The Bertz CT molecular complexity index is 1740. The van der Waals surface area contributed by atoms with E-state index in [1.807, 2.05) is 24.3 Å². The van der Waals surface area contributed by atoms with Gasteiger partial charge in [0.2, 0.25) is 35.4 Å². The molecule has 2 unspecified atom stereocenters. The number of amides is 6. The first-order valence-electron chi connectivity index (χ1n) is 18.0. The molecule has 0 saturated carbocycles. The SMILES string of the molecule is CC(C)CC1NC(=O)[C@H](CC(N)=O)NC(=O)C(CC(N)=O)NC(=O)[C@H](C(C)C)NC(=O)[C@@H](N/C=C/C=C/C=C/C=C/C=C/c2ccc(O)c(Br)c2)[C@@H](C)OC1=O. The number of aromatic hydroxyl groups is 1. The van der Waals surface area contributed by atoms with Crippen molar-refractivity contribution in [3.8, 4) is 5.75 Å². The van der Waals surface area contributed by atoms with E-state index in [1.165, 1.54) is 13.1 Å². The van der Waals surface area contributed by atoms with Crippen molar-refractivity contribution in [3.05, 3.63) is 83.0 Å². The number of cyclic esters (lactones) is 1. The number of hydrogen-bond acceptors (Lipinski definition) is 10. The van der Waals surface area contributed by atoms with Crippen LogP contribution in [0.5, 0.6) is 5.75 Å². The molecule has 304 valence electrons. The molecule has 17 heteroatoms. The molecule has 1 saturated heterocycles. The minimum atomic E-state index is -1.60. The van der Waals surface area contributed by atoms with Gasteiger partial charge in [-0.1, -0.05) is 82.4 Å². The van der Waals surface area contributed by atoms with E-state index >= 15 is 0 Å². The van der Waals surface area contributed by atoms with Gasteiger partial charge in [-0.05, 0) is 71.1 Å². The van der Waals surface area contributed by atoms with E-state index in [0.717, 1.165) is 5.56 Å². The molecular weight excluding hydrogens is 790 g/mol. The third-order valence-corrected chi connectivity index (χ3v) is 8.73. The predicted molar refractivity (Wildman–Crippen MR) is 214 cm³/mol. The molecule has 6 amide bonds. The van der Waals surface area contributed by atoms with E-state index in [9.17, 15) is 38.7 Å². The number of nitrogens with two attached hydrogens (primary N) is 2. The molecule has 1 aromatic rings. The van der Waals surface area contributed by atoms with E-state index in [1.54, 1.807) is 76.3 Å². The number of phenols is 1. The summed E-state index contributed by atoms with van der Waals surface area (Å²) in [5.41, 5.74) is 11.6. The van der Waals surface area contributed by atoms with Crippen molar-refractivity contribution < 1.29 is 43.4 Å². The first kappa shape index (κ1) is 46.4. The predicted octanol–water partition coefficient (Wildman–Crippen LogP) is 1.65. The third-order valence-electron chi connectivity index (χ3n) is 8.10. The van der Waals surface area contributed by atoms with Crippen LogP contribution in [-0.4, -0.2) is 82.8 Å². The Kier molecular flexibility index (Phi) is 19.3. The average Bonchev–Trinajstić information content (AvgIpc) is 3.10. The van der Waals surface area contributed by atoms with E-state index < -0.39 is 96.5 Å². The van der Waals surface area contributed by atoms with Crippen LogP contribution in [0.4, 0.5) is 0 Å². The smallest absolute Gasteiger partial charge is 0.328 e. The molecule has 0 aliphatic carbocycles. The van der Waals surface area contributed by atoms with Crippen LogP contribution < -0.4 is 38.1 Å². The lowest BCUT2D eigenvalue weighted by atomic mass is 10.0. The van der Waals surface area contributed by atoms with E-state index in [0.29, 0.717) is 4.47 Å². The highest BCUT2D eigenvalue weighted by Gasteiger charge is 2.37. The summed E-state index contributed by atoms with van der Waals surface area (Å²) in [7, 11) is 0. The van der Waals surface area contributed by atoms with Gasteiger partial charge in [0.25, 0.3) is 0 Å². The molecule has 1 heterocycles. The van der Waals surface area contributed by atoms with E-state index in [2.05, 4.69) is 42.5 Å². The maximum atomic E-state index is 13.8. The van der Waals surface area contributed by atoms with Gasteiger partial charge in [-0.25, -0.2) is 4.79 Å². The van der Waals surface area contributed by atoms with Gasteiger partial charge in [-0.3, -0.25) is 28.8 Å². The van der Waals surface area contributed by atoms with Crippen LogP contribution in [0, 0.1) is 11.8 Å². The molecule has 1 aromatic carbocycles. The van der Waals surface area contributed by atoms with Crippen LogP contribution >= 0.6 is 15.9 Å². The van der Waals surface area contributed by atoms with Crippen LogP contribution in [-0.2, 0) is 38.3 Å². The van der Waals surface area contributed by atoms with Crippen LogP contribution in [0.25, 0.3) is 6.08 Å². The summed E-state index contributed by atoms with van der Waals surface area (Å²) in [5.74, 6) is -6.89. The summed E-state index contributed by atoms with van der Waals surface area (Å²) >= 11 is 3.28. The maximum absolute atomic E-state index is 13.8. The Morgan fingerprint density at radius 1 is 0.786 bits per heavy atom. The topological polar surface area (TPSA) is 261 Å². The number of hydrogen-bond donors (Lipinski definition) is 8. The molecule has 16 nitrogen and oxygen atoms in total. The summed E-state index contributed by atoms with van der Waals surface area (Å²) in [4.78, 5) is 91.4. The molecule has 0 radical (unpaired) electrons. The zero-order valence-electron chi connectivity index (χ0n) is 32.0. The van der Waals surface area contributed by atoms with Crippen molar-refractivity contribution in [1.29, 1.82) is 0 Å². The lowest BCUT2D eigenvalue weighted by Gasteiger charge is -2.31. The van der Waals surface area contributed by atoms with Crippen molar-refractivity contribution in [2.45, 2.75) is 90.2 Å². The van der Waals surface area contributed by atoms with Crippen LogP contribution in [0.3, 0.4) is 0 Å². The third kappa shape index (κ3) is 16.3. The molecule has 0 aromatic heterocycles. The van der Waals surface area contributed by atoms with E-state index in [4.69, 9.17) is 16.2 Å². The summed E-state index contributed by atoms with van der Waals surface area (Å²) in [6.45, 7) is 8.33. The van der Waals surface area contributed by atoms with Gasteiger partial charge in [-0.2, -0.15) is 0 Å². The number of benzene rings is 1. The number of allylic oxidation sites excluding steroid dienone is 8. The second kappa shape index (κ2) is 23.3. The van der Waals surface area contributed by atoms with E-state index in [-0.39, 0.29) is 18.1 Å². The van der Waals surface area contributed by atoms with Gasteiger partial charge >= 0.3 is 5.97 Å². The summed E-state index contributed by atoms with van der Waals surface area (Å²) in [6, 6.07) is -1.79. The number of ether oxygens (including phenoxy) is 1. The Morgan fingerprint density at radius 3 is 1.82 bits per heavy atom. The van der Waals surface area contributed by atoms with Gasteiger partial charge in [0.1, 0.15) is 42.1 Å². The maximum Gasteiger partial charge on any atom is 0.328 e. The van der Waals surface area contributed by atoms with Gasteiger partial charge in [-0.15, -0.1) is 0 Å². The van der Waals surface area contributed by atoms with Crippen LogP contribution in [0.15, 0.2) is 77.5 Å². The van der Waals surface area contributed by atoms with Crippen molar-refractivity contribution in [1.82, 2.24) is 26.6 Å². The highest BCUT2D eigenvalue weighted by molar-refractivity contribution is 9.10. The normalized spacial score (nSPS) is 23.5. The zero-order valence-corrected chi connectivity index (χ0v) is 33.6. The molecule has 0 spiro atoms. The molecule has 1 aliphatic heterocycles. The number of carbonyl (C=O) groups is 7. The highest BCUT2D eigenvalue weighted by atomic mass is 79.9. The van der Waals surface area contributed by atoms with Gasteiger partial charge in [0.15, 0.2) is 0 Å². The Morgan fingerprint density at radius 2 is 1.30 bits per heavy atom. The first-order valence-corrected chi connectivity index (χ1v) is 18.7. The fraction of sp³-hybridized carbons (Fsp3) is 0.410. The highest BCUT2D eigenvalue weighted by Crippen LogP contribution is 2.24. The molecule has 2 rings (SSSR count). The second-order valence-corrected chi connectivity index (χ2v) is 14.6. The number of esters is 1. The summed E-state index contributed by atoms with van der Waals surface area (Å²) in [5, 5.41) is 22.4. The monoisotopic (exact) mass is 841 g/mol. The Balaban J connectivity index is 2.37. The lowest BCUT2D eigenvalue weighted by molar-refractivity contribution is -0.155. The van der Waals surface area contributed by atoms with Crippen molar-refractivity contribution in [3.63, 3.8) is 0 Å². The number of phenolic OH excluding ortho intramolecular Hbond substituents is 1. The van der Waals surface area contributed by atoms with Crippen LogP contribution in [0.2, 0.25) is 0 Å². The quantitative estimate of drug-likeness (QED) is 0.0992. The first-order chi connectivity index (χ1) is 26.4. The number of primary amides is 2. The Labute approximate surface area is 334 Å². The minimum absolute atomic E-state index is 0.0920.